The summed E-state index contributed by atoms with van der Waals surface area (Å²) in [7, 11) is 4.27. The second-order valence-corrected chi connectivity index (χ2v) is 13.1. The van der Waals surface area contributed by atoms with Gasteiger partial charge in [-0.3, -0.25) is 0 Å². The molecule has 7 aromatic carbocycles. The Balaban J connectivity index is 1.11. The standard InChI is InChI=1S/C44H30N4O2/c1-45-32-11-3-7-15-36(32)47(37-16-8-4-12-33(37)45)27-19-22-40-30(25-27)29-21-24-42-43(44(29)50-40)31-26-28(20-23-41(31)49-42)48-38-17-9-5-13-34(38)46(2)35-14-6-10-18-39(35)48/h3-26H,1-2H3. The number of hydrogen-bond acceptors (Lipinski definition) is 6. The molecule has 0 radical (unpaired) electrons. The second-order valence-electron chi connectivity index (χ2n) is 13.1. The second kappa shape index (κ2) is 9.94. The van der Waals surface area contributed by atoms with Gasteiger partial charge < -0.3 is 28.4 Å². The minimum atomic E-state index is 0.810. The van der Waals surface area contributed by atoms with Crippen LogP contribution in [0.2, 0.25) is 0 Å². The van der Waals surface area contributed by atoms with Gasteiger partial charge in [0, 0.05) is 41.6 Å². The Kier molecular flexibility index (Phi) is 5.43. The van der Waals surface area contributed by atoms with Gasteiger partial charge in [0.25, 0.3) is 0 Å². The molecule has 2 aromatic heterocycles. The van der Waals surface area contributed by atoms with Gasteiger partial charge in [0.1, 0.15) is 22.3 Å². The molecule has 0 atom stereocenters. The van der Waals surface area contributed by atoms with Crippen LogP contribution in [0.1, 0.15) is 0 Å². The van der Waals surface area contributed by atoms with Crippen LogP contribution in [0.5, 0.6) is 0 Å². The zero-order valence-electron chi connectivity index (χ0n) is 27.5. The average molecular weight is 647 g/mol. The van der Waals surface area contributed by atoms with Gasteiger partial charge >= 0.3 is 0 Å². The summed E-state index contributed by atoms with van der Waals surface area (Å²) in [4.78, 5) is 9.23. The van der Waals surface area contributed by atoms with E-state index in [9.17, 15) is 0 Å². The summed E-state index contributed by atoms with van der Waals surface area (Å²) in [5.41, 5.74) is 14.7. The number of fused-ring (bicyclic) bond motifs is 11. The molecule has 0 N–H and O–H groups in total. The molecule has 0 unspecified atom stereocenters. The van der Waals surface area contributed by atoms with Crippen molar-refractivity contribution in [1.82, 2.24) is 0 Å². The molecule has 0 fully saturated rings. The van der Waals surface area contributed by atoms with Crippen LogP contribution in [0.3, 0.4) is 0 Å². The predicted octanol–water partition coefficient (Wildman–Crippen LogP) is 12.6. The lowest BCUT2D eigenvalue weighted by molar-refractivity contribution is 0.663. The topological polar surface area (TPSA) is 39.2 Å². The van der Waals surface area contributed by atoms with Crippen LogP contribution in [0.15, 0.2) is 154 Å². The number of furan rings is 2. The van der Waals surface area contributed by atoms with Gasteiger partial charge in [0.15, 0.2) is 0 Å². The number of anilines is 10. The van der Waals surface area contributed by atoms with Crippen molar-refractivity contribution in [3.63, 3.8) is 0 Å². The predicted molar refractivity (Wildman–Crippen MR) is 206 cm³/mol. The van der Waals surface area contributed by atoms with E-state index in [1.54, 1.807) is 0 Å². The van der Waals surface area contributed by atoms with Gasteiger partial charge in [-0.15, -0.1) is 0 Å². The number of nitrogens with zero attached hydrogens (tertiary/aromatic N) is 4. The molecule has 4 heterocycles. The van der Waals surface area contributed by atoms with Crippen LogP contribution in [0.4, 0.5) is 56.9 Å². The first-order chi connectivity index (χ1) is 24.6. The molecule has 0 aliphatic carbocycles. The summed E-state index contributed by atoms with van der Waals surface area (Å²) in [6, 6.07) is 51.5. The molecule has 6 heteroatoms. The SMILES string of the molecule is CN1c2ccccc2N(c2ccc3oc4c(ccc5oc6ccc(N7c8ccccc8N(C)c8ccccc87)cc6c54)c3c2)c2ccccc21. The first-order valence-electron chi connectivity index (χ1n) is 16.9. The van der Waals surface area contributed by atoms with E-state index >= 15 is 0 Å². The summed E-state index contributed by atoms with van der Waals surface area (Å²) < 4.78 is 13.2. The van der Waals surface area contributed by atoms with E-state index in [2.05, 4.69) is 179 Å². The van der Waals surface area contributed by atoms with Gasteiger partial charge in [-0.2, -0.15) is 0 Å². The summed E-state index contributed by atoms with van der Waals surface area (Å²) in [5, 5.41) is 4.15. The van der Waals surface area contributed by atoms with Gasteiger partial charge in [-0.25, -0.2) is 0 Å². The van der Waals surface area contributed by atoms with Crippen LogP contribution in [-0.2, 0) is 0 Å². The Bertz CT molecular complexity index is 2750. The van der Waals surface area contributed by atoms with E-state index in [1.807, 2.05) is 0 Å². The third-order valence-corrected chi connectivity index (χ3v) is 10.5. The lowest BCUT2D eigenvalue weighted by Crippen LogP contribution is -2.23. The number of para-hydroxylation sites is 8. The number of benzene rings is 7. The normalized spacial score (nSPS) is 13.6. The Morgan fingerprint density at radius 1 is 0.360 bits per heavy atom. The van der Waals surface area contributed by atoms with E-state index in [-0.39, 0.29) is 0 Å². The summed E-state index contributed by atoms with van der Waals surface area (Å²) in [6.07, 6.45) is 0. The molecule has 2 aliphatic rings. The van der Waals surface area contributed by atoms with Crippen molar-refractivity contribution >= 4 is 101 Å². The highest BCUT2D eigenvalue weighted by atomic mass is 16.3. The van der Waals surface area contributed by atoms with Crippen molar-refractivity contribution in [2.24, 2.45) is 0 Å². The zero-order valence-corrected chi connectivity index (χ0v) is 27.5. The highest BCUT2D eigenvalue weighted by Gasteiger charge is 2.29. The minimum Gasteiger partial charge on any atom is -0.456 e. The Labute approximate surface area is 288 Å². The van der Waals surface area contributed by atoms with Crippen LogP contribution in [0.25, 0.3) is 43.9 Å². The van der Waals surface area contributed by atoms with Crippen LogP contribution in [-0.4, -0.2) is 14.1 Å². The fraction of sp³-hybridized carbons (Fsp3) is 0.0455. The molecule has 11 rings (SSSR count). The molecule has 2 aliphatic heterocycles. The molecule has 0 amide bonds. The summed E-state index contributed by atoms with van der Waals surface area (Å²) in [6.45, 7) is 0. The molecule has 0 spiro atoms. The maximum atomic E-state index is 6.74. The summed E-state index contributed by atoms with van der Waals surface area (Å²) >= 11 is 0. The Morgan fingerprint density at radius 2 is 0.760 bits per heavy atom. The number of hydrogen-bond donors (Lipinski definition) is 0. The highest BCUT2D eigenvalue weighted by molar-refractivity contribution is 6.23. The monoisotopic (exact) mass is 646 g/mol. The third kappa shape index (κ3) is 3.62. The third-order valence-electron chi connectivity index (χ3n) is 10.5. The van der Waals surface area contributed by atoms with Crippen molar-refractivity contribution < 1.29 is 8.83 Å². The molecule has 9 aromatic rings. The van der Waals surface area contributed by atoms with E-state index in [0.29, 0.717) is 0 Å². The van der Waals surface area contributed by atoms with Crippen LogP contribution in [0, 0.1) is 0 Å². The van der Waals surface area contributed by atoms with Crippen molar-refractivity contribution in [2.45, 2.75) is 0 Å². The fourth-order valence-electron chi connectivity index (χ4n) is 8.17. The average Bonchev–Trinajstić information content (AvgIpc) is 3.73. The summed E-state index contributed by atoms with van der Waals surface area (Å²) in [5.74, 6) is 0. The van der Waals surface area contributed by atoms with E-state index < -0.39 is 0 Å². The van der Waals surface area contributed by atoms with E-state index in [0.717, 1.165) is 101 Å². The van der Waals surface area contributed by atoms with E-state index in [4.69, 9.17) is 8.83 Å². The van der Waals surface area contributed by atoms with Gasteiger partial charge in [-0.05, 0) is 97.1 Å². The van der Waals surface area contributed by atoms with Gasteiger partial charge in [0.05, 0.1) is 50.9 Å². The Morgan fingerprint density at radius 3 is 1.24 bits per heavy atom. The molecule has 6 nitrogen and oxygen atoms in total. The largest absolute Gasteiger partial charge is 0.456 e. The zero-order chi connectivity index (χ0) is 33.1. The first kappa shape index (κ1) is 27.3. The minimum absolute atomic E-state index is 0.810. The van der Waals surface area contributed by atoms with Crippen molar-refractivity contribution in [3.05, 3.63) is 146 Å². The van der Waals surface area contributed by atoms with Crippen molar-refractivity contribution in [2.75, 3.05) is 33.7 Å². The van der Waals surface area contributed by atoms with Crippen molar-refractivity contribution in [3.8, 4) is 0 Å². The molecular weight excluding hydrogens is 617 g/mol. The fourth-order valence-corrected chi connectivity index (χ4v) is 8.17. The highest BCUT2D eigenvalue weighted by Crippen LogP contribution is 2.53. The van der Waals surface area contributed by atoms with Crippen molar-refractivity contribution in [1.29, 1.82) is 0 Å². The maximum Gasteiger partial charge on any atom is 0.147 e. The number of rotatable bonds is 2. The maximum absolute atomic E-state index is 6.74. The molecule has 0 saturated heterocycles. The van der Waals surface area contributed by atoms with Gasteiger partial charge in [0.2, 0.25) is 0 Å². The lowest BCUT2D eigenvalue weighted by atomic mass is 10.0. The molecular formula is C44H30N4O2. The molecule has 0 bridgehead atoms. The first-order valence-corrected chi connectivity index (χ1v) is 16.9. The smallest absolute Gasteiger partial charge is 0.147 e. The molecule has 50 heavy (non-hydrogen) atoms. The molecule has 0 saturated carbocycles. The lowest BCUT2D eigenvalue weighted by Gasteiger charge is -2.38. The Hall–Kier alpha value is -6.66. The van der Waals surface area contributed by atoms with E-state index in [1.165, 1.54) is 0 Å². The molecule has 238 valence electrons. The van der Waals surface area contributed by atoms with Gasteiger partial charge in [-0.1, -0.05) is 48.5 Å². The quantitative estimate of drug-likeness (QED) is 0.186. The van der Waals surface area contributed by atoms with Crippen LogP contribution >= 0.6 is 0 Å². The van der Waals surface area contributed by atoms with Crippen LogP contribution < -0.4 is 19.6 Å².